The quantitative estimate of drug-likeness (QED) is 0.342. The lowest BCUT2D eigenvalue weighted by Crippen LogP contribution is -2.09. The first-order valence-corrected chi connectivity index (χ1v) is 9.36. The third-order valence-electron chi connectivity index (χ3n) is 4.97. The highest BCUT2D eigenvalue weighted by Gasteiger charge is 2.30. The van der Waals surface area contributed by atoms with Crippen LogP contribution in [0.15, 0.2) is 66.4 Å². The molecule has 3 aromatic carbocycles. The number of fused-ring (bicyclic) bond motifs is 1. The first-order valence-electron chi connectivity index (χ1n) is 9.36. The van der Waals surface area contributed by atoms with Crippen molar-refractivity contribution in [2.24, 2.45) is 0 Å². The summed E-state index contributed by atoms with van der Waals surface area (Å²) in [5.74, 6) is 0.448. The molecule has 1 heterocycles. The van der Waals surface area contributed by atoms with E-state index in [0.717, 1.165) is 16.7 Å². The average molecular weight is 384 g/mol. The van der Waals surface area contributed by atoms with Gasteiger partial charge in [0.25, 0.3) is 0 Å². The van der Waals surface area contributed by atoms with Crippen molar-refractivity contribution >= 4 is 17.8 Å². The average Bonchev–Trinajstić information content (AvgIpc) is 3.02. The van der Waals surface area contributed by atoms with E-state index in [2.05, 4.69) is 0 Å². The third-order valence-corrected chi connectivity index (χ3v) is 4.97. The van der Waals surface area contributed by atoms with Crippen LogP contribution in [0.2, 0.25) is 0 Å². The number of ketones is 1. The highest BCUT2D eigenvalue weighted by atomic mass is 16.5. The van der Waals surface area contributed by atoms with Crippen molar-refractivity contribution in [2.45, 2.75) is 20.8 Å². The molecule has 0 fully saturated rings. The van der Waals surface area contributed by atoms with E-state index in [9.17, 15) is 9.59 Å². The molecule has 0 aromatic heterocycles. The van der Waals surface area contributed by atoms with E-state index in [1.807, 2.05) is 50.2 Å². The van der Waals surface area contributed by atoms with Crippen LogP contribution in [0.5, 0.6) is 11.5 Å². The molecule has 1 aliphatic rings. The zero-order valence-electron chi connectivity index (χ0n) is 16.5. The maximum absolute atomic E-state index is 12.8. The molecule has 0 atom stereocenters. The maximum atomic E-state index is 12.8. The molecule has 29 heavy (non-hydrogen) atoms. The Morgan fingerprint density at radius 2 is 1.76 bits per heavy atom. The molecular weight excluding hydrogens is 364 g/mol. The van der Waals surface area contributed by atoms with Gasteiger partial charge in [-0.25, -0.2) is 4.79 Å². The molecule has 0 N–H and O–H groups in total. The third kappa shape index (κ3) is 3.57. The molecule has 1 aliphatic heterocycles. The van der Waals surface area contributed by atoms with Crippen molar-refractivity contribution < 1.29 is 19.1 Å². The SMILES string of the molecule is Cc1cccc(C(=O)Oc2ccc3c(c2C)O/C(=C\c2ccccc2C)C3=O)c1. The number of allylic oxidation sites excluding steroid dienone is 1. The van der Waals surface area contributed by atoms with E-state index >= 15 is 0 Å². The van der Waals surface area contributed by atoms with Gasteiger partial charge < -0.3 is 9.47 Å². The molecular formula is C25H20O4. The fraction of sp³-hybridized carbons (Fsp3) is 0.120. The van der Waals surface area contributed by atoms with E-state index in [0.29, 0.717) is 28.2 Å². The molecule has 4 rings (SSSR count). The van der Waals surface area contributed by atoms with Gasteiger partial charge in [-0.2, -0.15) is 0 Å². The molecule has 0 radical (unpaired) electrons. The fourth-order valence-corrected chi connectivity index (χ4v) is 3.30. The molecule has 0 saturated carbocycles. The van der Waals surface area contributed by atoms with E-state index in [-0.39, 0.29) is 11.5 Å². The molecule has 0 spiro atoms. The normalized spacial score (nSPS) is 13.9. The van der Waals surface area contributed by atoms with Gasteiger partial charge in [-0.1, -0.05) is 42.0 Å². The summed E-state index contributed by atoms with van der Waals surface area (Å²) in [6.07, 6.45) is 1.75. The van der Waals surface area contributed by atoms with Gasteiger partial charge in [-0.3, -0.25) is 4.79 Å². The Bertz CT molecular complexity index is 1170. The number of hydrogen-bond donors (Lipinski definition) is 0. The first-order chi connectivity index (χ1) is 13.9. The number of carbonyl (C=O) groups is 2. The summed E-state index contributed by atoms with van der Waals surface area (Å²) in [6, 6.07) is 18.3. The minimum atomic E-state index is -0.447. The minimum Gasteiger partial charge on any atom is -0.452 e. The second-order valence-electron chi connectivity index (χ2n) is 7.12. The number of Topliss-reactive ketones (excluding diaryl/α,β-unsaturated/α-hetero) is 1. The van der Waals surface area contributed by atoms with Gasteiger partial charge in [-0.15, -0.1) is 0 Å². The Kier molecular flexibility index (Phi) is 4.77. The van der Waals surface area contributed by atoms with Crippen LogP contribution in [-0.4, -0.2) is 11.8 Å². The van der Waals surface area contributed by atoms with Gasteiger partial charge in [0.05, 0.1) is 11.1 Å². The van der Waals surface area contributed by atoms with Gasteiger partial charge in [0.1, 0.15) is 11.5 Å². The fourth-order valence-electron chi connectivity index (χ4n) is 3.30. The summed E-state index contributed by atoms with van der Waals surface area (Å²) in [5.41, 5.74) is 4.51. The van der Waals surface area contributed by atoms with Gasteiger partial charge >= 0.3 is 5.97 Å². The highest BCUT2D eigenvalue weighted by Crippen LogP contribution is 2.39. The monoisotopic (exact) mass is 384 g/mol. The smallest absolute Gasteiger partial charge is 0.343 e. The Morgan fingerprint density at radius 1 is 0.966 bits per heavy atom. The van der Waals surface area contributed by atoms with Crippen LogP contribution in [-0.2, 0) is 0 Å². The molecule has 144 valence electrons. The van der Waals surface area contributed by atoms with Gasteiger partial charge in [0.15, 0.2) is 5.76 Å². The van der Waals surface area contributed by atoms with Crippen molar-refractivity contribution in [3.8, 4) is 11.5 Å². The number of esters is 1. The Labute approximate surface area is 169 Å². The summed E-state index contributed by atoms with van der Waals surface area (Å²) in [5, 5.41) is 0. The van der Waals surface area contributed by atoms with Crippen LogP contribution in [0.1, 0.15) is 43.0 Å². The van der Waals surface area contributed by atoms with E-state index in [1.54, 1.807) is 37.3 Å². The molecule has 0 unspecified atom stereocenters. The predicted octanol–water partition coefficient (Wildman–Crippen LogP) is 5.45. The number of ether oxygens (including phenoxy) is 2. The van der Waals surface area contributed by atoms with Crippen LogP contribution in [0, 0.1) is 20.8 Å². The zero-order chi connectivity index (χ0) is 20.5. The topological polar surface area (TPSA) is 52.6 Å². The molecule has 0 aliphatic carbocycles. The predicted molar refractivity (Wildman–Crippen MR) is 111 cm³/mol. The molecule has 4 heteroatoms. The zero-order valence-corrected chi connectivity index (χ0v) is 16.5. The van der Waals surface area contributed by atoms with Gasteiger partial charge in [-0.05, 0) is 62.2 Å². The molecule has 0 saturated heterocycles. The molecule has 4 nitrogen and oxygen atoms in total. The number of carbonyl (C=O) groups excluding carboxylic acids is 2. The Hall–Kier alpha value is -3.66. The van der Waals surface area contributed by atoms with Gasteiger partial charge in [0.2, 0.25) is 5.78 Å². The summed E-state index contributed by atoms with van der Waals surface area (Å²) in [4.78, 5) is 25.2. The minimum absolute atomic E-state index is 0.178. The lowest BCUT2D eigenvalue weighted by Gasteiger charge is -2.10. The van der Waals surface area contributed by atoms with Crippen molar-refractivity contribution in [1.82, 2.24) is 0 Å². The van der Waals surface area contributed by atoms with Crippen LogP contribution >= 0.6 is 0 Å². The van der Waals surface area contributed by atoms with Crippen molar-refractivity contribution in [1.29, 1.82) is 0 Å². The Balaban J connectivity index is 1.63. The second kappa shape index (κ2) is 7.40. The highest BCUT2D eigenvalue weighted by molar-refractivity contribution is 6.15. The standard InChI is InChI=1S/C25H20O4/c1-15-7-6-10-19(13-15)25(27)29-21-12-11-20-23(26)22(28-24(20)17(21)3)14-18-9-5-4-8-16(18)2/h4-14H,1-3H3/b22-14-. The maximum Gasteiger partial charge on any atom is 0.343 e. The summed E-state index contributed by atoms with van der Waals surface area (Å²) >= 11 is 0. The van der Waals surface area contributed by atoms with Crippen LogP contribution < -0.4 is 9.47 Å². The van der Waals surface area contributed by atoms with Crippen LogP contribution in [0.25, 0.3) is 6.08 Å². The molecule has 3 aromatic rings. The van der Waals surface area contributed by atoms with Crippen LogP contribution in [0.4, 0.5) is 0 Å². The first kappa shape index (κ1) is 18.7. The van der Waals surface area contributed by atoms with Crippen molar-refractivity contribution in [2.75, 3.05) is 0 Å². The number of aryl methyl sites for hydroxylation is 2. The van der Waals surface area contributed by atoms with E-state index in [4.69, 9.17) is 9.47 Å². The van der Waals surface area contributed by atoms with Crippen molar-refractivity contribution in [3.05, 3.63) is 99.8 Å². The molecule has 0 bridgehead atoms. The largest absolute Gasteiger partial charge is 0.452 e. The van der Waals surface area contributed by atoms with Gasteiger partial charge in [0, 0.05) is 5.56 Å². The number of hydrogen-bond acceptors (Lipinski definition) is 4. The molecule has 0 amide bonds. The second-order valence-corrected chi connectivity index (χ2v) is 7.12. The van der Waals surface area contributed by atoms with Crippen LogP contribution in [0.3, 0.4) is 0 Å². The van der Waals surface area contributed by atoms with Crippen molar-refractivity contribution in [3.63, 3.8) is 0 Å². The lowest BCUT2D eigenvalue weighted by molar-refractivity contribution is 0.0733. The summed E-state index contributed by atoms with van der Waals surface area (Å²) in [7, 11) is 0. The number of benzene rings is 3. The number of rotatable bonds is 3. The Morgan fingerprint density at radius 3 is 2.52 bits per heavy atom. The van der Waals surface area contributed by atoms with E-state index in [1.165, 1.54) is 0 Å². The summed E-state index contributed by atoms with van der Waals surface area (Å²) < 4.78 is 11.4. The van der Waals surface area contributed by atoms with E-state index < -0.39 is 5.97 Å². The summed E-state index contributed by atoms with van der Waals surface area (Å²) in [6.45, 7) is 5.67. The lowest BCUT2D eigenvalue weighted by atomic mass is 10.0.